The van der Waals surface area contributed by atoms with Crippen LogP contribution in [0, 0.1) is 0 Å². The Kier molecular flexibility index (Phi) is 7.85. The Morgan fingerprint density at radius 3 is 2.71 bits per heavy atom. The number of fused-ring (bicyclic) bond motifs is 3. The van der Waals surface area contributed by atoms with E-state index in [0.717, 1.165) is 22.2 Å². The van der Waals surface area contributed by atoms with Gasteiger partial charge in [0.25, 0.3) is 5.91 Å². The quantitative estimate of drug-likeness (QED) is 0.417. The van der Waals surface area contributed by atoms with Crippen molar-refractivity contribution in [2.24, 2.45) is 9.98 Å². The van der Waals surface area contributed by atoms with Gasteiger partial charge >= 0.3 is 0 Å². The van der Waals surface area contributed by atoms with Crippen LogP contribution in [0.4, 0.5) is 11.4 Å². The fourth-order valence-electron chi connectivity index (χ4n) is 4.11. The van der Waals surface area contributed by atoms with E-state index < -0.39 is 6.04 Å². The summed E-state index contributed by atoms with van der Waals surface area (Å²) in [5.74, 6) is 0.444. The highest BCUT2D eigenvalue weighted by molar-refractivity contribution is 8.14. The van der Waals surface area contributed by atoms with Gasteiger partial charge in [-0.1, -0.05) is 42.1 Å². The van der Waals surface area contributed by atoms with Crippen molar-refractivity contribution in [1.29, 1.82) is 0 Å². The number of rotatable bonds is 9. The molecule has 0 bridgehead atoms. The minimum absolute atomic E-state index is 0.0336. The summed E-state index contributed by atoms with van der Waals surface area (Å²) in [5, 5.41) is 8.07. The van der Waals surface area contributed by atoms with E-state index >= 15 is 0 Å². The summed E-state index contributed by atoms with van der Waals surface area (Å²) in [7, 11) is 1.54. The number of carbonyl (C=O) groups excluding carboxylic acids is 3. The molecule has 2 aliphatic heterocycles. The van der Waals surface area contributed by atoms with Gasteiger partial charge in [-0.15, -0.1) is 11.3 Å². The lowest BCUT2D eigenvalue weighted by Crippen LogP contribution is -2.41. The highest BCUT2D eigenvalue weighted by Crippen LogP contribution is 2.34. The van der Waals surface area contributed by atoms with Crippen LogP contribution in [0.25, 0.3) is 0 Å². The van der Waals surface area contributed by atoms with Gasteiger partial charge in [-0.2, -0.15) is 0 Å². The van der Waals surface area contributed by atoms with Crippen molar-refractivity contribution in [2.45, 2.75) is 25.4 Å². The van der Waals surface area contributed by atoms with Gasteiger partial charge in [0, 0.05) is 16.9 Å². The molecule has 1 atom stereocenters. The molecule has 0 saturated carbocycles. The standard InChI is InChI=1S/C27H25N5O4S2/c1-36-22-11-5-4-10-20(22)29-24(34)16-38-27-31-19-9-3-2-8-18(19)25-30-21(26(35)32(25)27)12-13-23(33)28-15-17-7-6-14-37-17/h2-11,14,21H,12-13,15-16H2,1H3,(H,28,33)(H,29,34)/t21-/m1/s1. The molecule has 2 aliphatic rings. The summed E-state index contributed by atoms with van der Waals surface area (Å²) in [6.45, 7) is 0.466. The summed E-state index contributed by atoms with van der Waals surface area (Å²) in [6.07, 6.45) is 0.457. The van der Waals surface area contributed by atoms with E-state index in [2.05, 4.69) is 20.6 Å². The maximum Gasteiger partial charge on any atom is 0.259 e. The number of nitrogens with zero attached hydrogens (tertiary/aromatic N) is 3. The second-order valence-corrected chi connectivity index (χ2v) is 10.5. The summed E-state index contributed by atoms with van der Waals surface area (Å²) in [5.41, 5.74) is 1.99. The van der Waals surface area contributed by atoms with Gasteiger partial charge in [0.15, 0.2) is 5.17 Å². The zero-order valence-corrected chi connectivity index (χ0v) is 22.2. The third-order valence-corrected chi connectivity index (χ3v) is 7.76. The lowest BCUT2D eigenvalue weighted by molar-refractivity contribution is -0.125. The van der Waals surface area contributed by atoms with E-state index in [9.17, 15) is 14.4 Å². The summed E-state index contributed by atoms with van der Waals surface area (Å²) < 4.78 is 5.29. The minimum atomic E-state index is -0.697. The number of amidine groups is 2. The van der Waals surface area contributed by atoms with Gasteiger partial charge in [0.05, 0.1) is 30.8 Å². The summed E-state index contributed by atoms with van der Waals surface area (Å²) in [6, 6.07) is 17.8. The van der Waals surface area contributed by atoms with Crippen LogP contribution in [-0.2, 0) is 20.9 Å². The molecule has 3 heterocycles. The molecule has 194 valence electrons. The maximum atomic E-state index is 13.4. The molecule has 3 amide bonds. The monoisotopic (exact) mass is 547 g/mol. The second-order valence-electron chi connectivity index (χ2n) is 8.49. The predicted molar refractivity (Wildman–Crippen MR) is 150 cm³/mol. The number of benzene rings is 2. The number of thiophene rings is 1. The number of hydrogen-bond acceptors (Lipinski definition) is 8. The Bertz CT molecular complexity index is 1420. The molecule has 2 aromatic carbocycles. The topological polar surface area (TPSA) is 112 Å². The zero-order chi connectivity index (χ0) is 26.5. The first-order valence-corrected chi connectivity index (χ1v) is 13.8. The number of aliphatic imine (C=N–C) groups is 2. The van der Waals surface area contributed by atoms with Crippen molar-refractivity contribution in [3.63, 3.8) is 0 Å². The lowest BCUT2D eigenvalue weighted by Gasteiger charge is -2.25. The largest absolute Gasteiger partial charge is 0.495 e. The van der Waals surface area contributed by atoms with Crippen LogP contribution >= 0.6 is 23.1 Å². The van der Waals surface area contributed by atoms with Crippen molar-refractivity contribution >= 4 is 63.2 Å². The normalized spacial score (nSPS) is 15.8. The summed E-state index contributed by atoms with van der Waals surface area (Å²) in [4.78, 5) is 50.4. The van der Waals surface area contributed by atoms with Crippen molar-refractivity contribution in [2.75, 3.05) is 18.2 Å². The number of thioether (sulfide) groups is 1. The first-order valence-electron chi connectivity index (χ1n) is 12.0. The van der Waals surface area contributed by atoms with Crippen molar-refractivity contribution in [3.05, 3.63) is 76.5 Å². The van der Waals surface area contributed by atoms with Crippen LogP contribution in [0.3, 0.4) is 0 Å². The van der Waals surface area contributed by atoms with Crippen molar-refractivity contribution in [1.82, 2.24) is 10.2 Å². The Labute approximate surface area is 228 Å². The van der Waals surface area contributed by atoms with Crippen LogP contribution in [0.2, 0.25) is 0 Å². The van der Waals surface area contributed by atoms with E-state index in [1.165, 1.54) is 12.0 Å². The fraction of sp³-hybridized carbons (Fsp3) is 0.222. The van der Waals surface area contributed by atoms with E-state index in [0.29, 0.717) is 34.7 Å². The van der Waals surface area contributed by atoms with Crippen LogP contribution in [0.5, 0.6) is 5.75 Å². The fourth-order valence-corrected chi connectivity index (χ4v) is 5.55. The molecule has 3 aromatic rings. The molecule has 0 fully saturated rings. The Morgan fingerprint density at radius 1 is 1.08 bits per heavy atom. The predicted octanol–water partition coefficient (Wildman–Crippen LogP) is 4.18. The van der Waals surface area contributed by atoms with Crippen LogP contribution in [0.1, 0.15) is 23.3 Å². The first kappa shape index (κ1) is 25.7. The first-order chi connectivity index (χ1) is 18.5. The van der Waals surface area contributed by atoms with Gasteiger partial charge in [-0.3, -0.25) is 19.4 Å². The maximum absolute atomic E-state index is 13.4. The molecular formula is C27H25N5O4S2. The molecule has 38 heavy (non-hydrogen) atoms. The Morgan fingerprint density at radius 2 is 1.89 bits per heavy atom. The van der Waals surface area contributed by atoms with Gasteiger partial charge < -0.3 is 15.4 Å². The van der Waals surface area contributed by atoms with E-state index in [4.69, 9.17) is 4.74 Å². The number of nitrogens with one attached hydrogen (secondary N) is 2. The van der Waals surface area contributed by atoms with Crippen molar-refractivity contribution in [3.8, 4) is 5.75 Å². The van der Waals surface area contributed by atoms with E-state index in [-0.39, 0.29) is 36.3 Å². The van der Waals surface area contributed by atoms with Crippen LogP contribution in [-0.4, -0.2) is 52.5 Å². The van der Waals surface area contributed by atoms with Crippen molar-refractivity contribution < 1.29 is 19.1 Å². The molecule has 0 spiro atoms. The SMILES string of the molecule is COc1ccccc1NC(=O)CSC1=Nc2ccccc2C2=N[C@H](CCC(=O)NCc3cccs3)C(=O)N12. The Hall–Kier alpha value is -3.96. The minimum Gasteiger partial charge on any atom is -0.495 e. The number of ether oxygens (including phenoxy) is 1. The molecule has 0 aliphatic carbocycles. The zero-order valence-electron chi connectivity index (χ0n) is 20.5. The van der Waals surface area contributed by atoms with E-state index in [1.54, 1.807) is 23.5 Å². The lowest BCUT2D eigenvalue weighted by atomic mass is 10.1. The van der Waals surface area contributed by atoms with Gasteiger partial charge in [-0.05, 0) is 42.1 Å². The summed E-state index contributed by atoms with van der Waals surface area (Å²) >= 11 is 2.74. The van der Waals surface area contributed by atoms with Crippen LogP contribution in [0.15, 0.2) is 76.0 Å². The third kappa shape index (κ3) is 5.63. The second kappa shape index (κ2) is 11.6. The number of anilines is 1. The number of hydrogen-bond donors (Lipinski definition) is 2. The molecule has 5 rings (SSSR count). The number of amides is 3. The van der Waals surface area contributed by atoms with Gasteiger partial charge in [0.2, 0.25) is 11.8 Å². The molecule has 9 nitrogen and oxygen atoms in total. The number of methoxy groups -OCH3 is 1. The third-order valence-electron chi connectivity index (χ3n) is 5.95. The van der Waals surface area contributed by atoms with E-state index in [1.807, 2.05) is 53.9 Å². The molecule has 0 unspecified atom stereocenters. The molecule has 0 radical (unpaired) electrons. The average molecular weight is 548 g/mol. The van der Waals surface area contributed by atoms with Gasteiger partial charge in [-0.25, -0.2) is 9.89 Å². The number of carbonyl (C=O) groups is 3. The molecular weight excluding hydrogens is 522 g/mol. The smallest absolute Gasteiger partial charge is 0.259 e. The number of para-hydroxylation sites is 3. The highest BCUT2D eigenvalue weighted by atomic mass is 32.2. The van der Waals surface area contributed by atoms with Crippen LogP contribution < -0.4 is 15.4 Å². The van der Waals surface area contributed by atoms with Gasteiger partial charge in [0.1, 0.15) is 17.6 Å². The Balaban J connectivity index is 1.26. The molecule has 1 aromatic heterocycles. The molecule has 2 N–H and O–H groups in total. The molecule has 11 heteroatoms. The average Bonchev–Trinajstić information content (AvgIpc) is 3.58. The highest BCUT2D eigenvalue weighted by Gasteiger charge is 2.41. The molecule has 0 saturated heterocycles.